The third-order valence-electron chi connectivity index (χ3n) is 2.79. The van der Waals surface area contributed by atoms with Gasteiger partial charge in [0.2, 0.25) is 0 Å². The summed E-state index contributed by atoms with van der Waals surface area (Å²) in [5.41, 5.74) is 1.71. The molecule has 2 rings (SSSR count). The molecule has 0 aliphatic heterocycles. The molecule has 0 aliphatic rings. The SMILES string of the molecule is Cc1nc(C)c(C(=O)O)c(SCc2nc(C)c(C)s2)n1. The molecule has 20 heavy (non-hydrogen) atoms. The number of hydrogen-bond donors (Lipinski definition) is 1. The Balaban J connectivity index is 2.26. The fourth-order valence-electron chi connectivity index (χ4n) is 1.76. The molecule has 0 radical (unpaired) electrons. The van der Waals surface area contributed by atoms with E-state index < -0.39 is 5.97 Å². The smallest absolute Gasteiger partial charge is 0.340 e. The van der Waals surface area contributed by atoms with Crippen LogP contribution in [0.15, 0.2) is 5.03 Å². The molecular formula is C13H15N3O2S2. The molecule has 0 spiro atoms. The highest BCUT2D eigenvalue weighted by atomic mass is 32.2. The topological polar surface area (TPSA) is 76.0 Å². The summed E-state index contributed by atoms with van der Waals surface area (Å²) < 4.78 is 0. The average Bonchev–Trinajstić information content (AvgIpc) is 2.64. The maximum atomic E-state index is 11.3. The Morgan fingerprint density at radius 1 is 1.15 bits per heavy atom. The Morgan fingerprint density at radius 3 is 2.40 bits per heavy atom. The number of carboxylic acid groups (broad SMARTS) is 1. The van der Waals surface area contributed by atoms with Crippen LogP contribution in [-0.2, 0) is 5.75 Å². The van der Waals surface area contributed by atoms with Crippen LogP contribution in [0.5, 0.6) is 0 Å². The summed E-state index contributed by atoms with van der Waals surface area (Å²) in [5.74, 6) is 0.216. The number of thiazole rings is 1. The second-order valence-electron chi connectivity index (χ2n) is 4.38. The summed E-state index contributed by atoms with van der Waals surface area (Å²) in [6.07, 6.45) is 0. The minimum Gasteiger partial charge on any atom is -0.478 e. The van der Waals surface area contributed by atoms with Crippen LogP contribution in [-0.4, -0.2) is 26.0 Å². The summed E-state index contributed by atoms with van der Waals surface area (Å²) in [5, 5.41) is 10.8. The fourth-order valence-corrected chi connectivity index (χ4v) is 3.81. The average molecular weight is 309 g/mol. The molecule has 106 valence electrons. The van der Waals surface area contributed by atoms with Crippen LogP contribution in [0.3, 0.4) is 0 Å². The van der Waals surface area contributed by atoms with Crippen molar-refractivity contribution in [2.75, 3.05) is 0 Å². The van der Waals surface area contributed by atoms with Gasteiger partial charge in [0.1, 0.15) is 21.4 Å². The van der Waals surface area contributed by atoms with Crippen molar-refractivity contribution in [3.63, 3.8) is 0 Å². The third-order valence-corrected chi connectivity index (χ3v) is 5.03. The first-order valence-electron chi connectivity index (χ1n) is 6.02. The zero-order valence-corrected chi connectivity index (χ0v) is 13.4. The number of carbonyl (C=O) groups is 1. The molecule has 0 atom stereocenters. The van der Waals surface area contributed by atoms with Gasteiger partial charge in [-0.2, -0.15) is 0 Å². The zero-order chi connectivity index (χ0) is 14.9. The van der Waals surface area contributed by atoms with E-state index >= 15 is 0 Å². The van der Waals surface area contributed by atoms with Crippen molar-refractivity contribution in [2.45, 2.75) is 38.5 Å². The summed E-state index contributed by atoms with van der Waals surface area (Å²) in [6, 6.07) is 0. The van der Waals surface area contributed by atoms with Gasteiger partial charge in [-0.1, -0.05) is 11.8 Å². The predicted molar refractivity (Wildman–Crippen MR) is 79.6 cm³/mol. The van der Waals surface area contributed by atoms with E-state index in [1.54, 1.807) is 25.2 Å². The molecule has 0 saturated carbocycles. The number of thioether (sulfide) groups is 1. The summed E-state index contributed by atoms with van der Waals surface area (Å²) >= 11 is 3.03. The Kier molecular flexibility index (Phi) is 4.39. The van der Waals surface area contributed by atoms with Gasteiger partial charge in [-0.05, 0) is 27.7 Å². The second kappa shape index (κ2) is 5.88. The van der Waals surface area contributed by atoms with E-state index in [0.717, 1.165) is 10.7 Å². The second-order valence-corrected chi connectivity index (χ2v) is 6.63. The molecule has 0 bridgehead atoms. The number of aromatic carboxylic acids is 1. The van der Waals surface area contributed by atoms with Crippen LogP contribution in [0.1, 0.15) is 37.5 Å². The lowest BCUT2D eigenvalue weighted by atomic mass is 10.2. The van der Waals surface area contributed by atoms with E-state index in [0.29, 0.717) is 22.3 Å². The first-order chi connectivity index (χ1) is 9.38. The van der Waals surface area contributed by atoms with Gasteiger partial charge in [0.15, 0.2) is 0 Å². The molecule has 0 aliphatic carbocycles. The quantitative estimate of drug-likeness (QED) is 0.690. The van der Waals surface area contributed by atoms with Gasteiger partial charge in [0.05, 0.1) is 17.1 Å². The lowest BCUT2D eigenvalue weighted by molar-refractivity contribution is 0.0690. The Hall–Kier alpha value is -1.47. The molecule has 0 fully saturated rings. The highest BCUT2D eigenvalue weighted by molar-refractivity contribution is 7.98. The van der Waals surface area contributed by atoms with E-state index in [1.165, 1.54) is 16.6 Å². The monoisotopic (exact) mass is 309 g/mol. The fraction of sp³-hybridized carbons (Fsp3) is 0.385. The van der Waals surface area contributed by atoms with Crippen molar-refractivity contribution < 1.29 is 9.90 Å². The van der Waals surface area contributed by atoms with Crippen LogP contribution < -0.4 is 0 Å². The maximum absolute atomic E-state index is 11.3. The van der Waals surface area contributed by atoms with Crippen molar-refractivity contribution in [3.8, 4) is 0 Å². The van der Waals surface area contributed by atoms with Gasteiger partial charge < -0.3 is 5.11 Å². The summed E-state index contributed by atoms with van der Waals surface area (Å²) in [4.78, 5) is 25.3. The first-order valence-corrected chi connectivity index (χ1v) is 7.83. The largest absolute Gasteiger partial charge is 0.478 e. The van der Waals surface area contributed by atoms with Crippen molar-refractivity contribution in [3.05, 3.63) is 32.7 Å². The molecule has 0 saturated heterocycles. The number of hydrogen-bond acceptors (Lipinski definition) is 6. The molecule has 0 aromatic carbocycles. The minimum absolute atomic E-state index is 0.186. The summed E-state index contributed by atoms with van der Waals surface area (Å²) in [7, 11) is 0. The molecule has 2 heterocycles. The number of aryl methyl sites for hydroxylation is 4. The highest BCUT2D eigenvalue weighted by Gasteiger charge is 2.18. The lowest BCUT2D eigenvalue weighted by Crippen LogP contribution is -2.08. The van der Waals surface area contributed by atoms with Crippen LogP contribution >= 0.6 is 23.1 Å². The van der Waals surface area contributed by atoms with E-state index in [-0.39, 0.29) is 5.56 Å². The molecule has 7 heteroatoms. The van der Waals surface area contributed by atoms with Crippen molar-refractivity contribution in [2.24, 2.45) is 0 Å². The molecule has 2 aromatic heterocycles. The van der Waals surface area contributed by atoms with Crippen molar-refractivity contribution >= 4 is 29.1 Å². The summed E-state index contributed by atoms with van der Waals surface area (Å²) in [6.45, 7) is 7.46. The standard InChI is InChI=1S/C13H15N3O2S2/c1-6-8(3)20-10(15-6)5-19-12-11(13(17)18)7(2)14-9(4)16-12/h5H2,1-4H3,(H,17,18). The molecule has 1 N–H and O–H groups in total. The van der Waals surface area contributed by atoms with Crippen LogP contribution in [0.2, 0.25) is 0 Å². The molecule has 2 aromatic rings. The number of carboxylic acids is 1. The van der Waals surface area contributed by atoms with E-state index in [1.807, 2.05) is 13.8 Å². The molecule has 0 amide bonds. The normalized spacial score (nSPS) is 10.8. The van der Waals surface area contributed by atoms with Crippen molar-refractivity contribution in [1.82, 2.24) is 15.0 Å². The Bertz CT molecular complexity index is 648. The highest BCUT2D eigenvalue weighted by Crippen LogP contribution is 2.28. The molecule has 5 nitrogen and oxygen atoms in total. The maximum Gasteiger partial charge on any atom is 0.340 e. The number of aromatic nitrogens is 3. The predicted octanol–water partition coefficient (Wildman–Crippen LogP) is 3.16. The number of rotatable bonds is 4. The molecule has 0 unspecified atom stereocenters. The third kappa shape index (κ3) is 3.16. The van der Waals surface area contributed by atoms with E-state index in [4.69, 9.17) is 0 Å². The van der Waals surface area contributed by atoms with Crippen LogP contribution in [0, 0.1) is 27.7 Å². The Morgan fingerprint density at radius 2 is 1.85 bits per heavy atom. The molecular weight excluding hydrogens is 294 g/mol. The zero-order valence-electron chi connectivity index (χ0n) is 11.7. The van der Waals surface area contributed by atoms with E-state index in [2.05, 4.69) is 15.0 Å². The van der Waals surface area contributed by atoms with Gasteiger partial charge in [0, 0.05) is 4.88 Å². The van der Waals surface area contributed by atoms with Gasteiger partial charge in [-0.15, -0.1) is 11.3 Å². The minimum atomic E-state index is -0.989. The van der Waals surface area contributed by atoms with Gasteiger partial charge in [-0.25, -0.2) is 19.7 Å². The van der Waals surface area contributed by atoms with E-state index in [9.17, 15) is 9.90 Å². The van der Waals surface area contributed by atoms with Crippen molar-refractivity contribution in [1.29, 1.82) is 0 Å². The van der Waals surface area contributed by atoms with Crippen LogP contribution in [0.25, 0.3) is 0 Å². The van der Waals surface area contributed by atoms with Gasteiger partial charge >= 0.3 is 5.97 Å². The first kappa shape index (κ1) is 14.9. The van der Waals surface area contributed by atoms with Crippen LogP contribution in [0.4, 0.5) is 0 Å². The van der Waals surface area contributed by atoms with Gasteiger partial charge in [0.25, 0.3) is 0 Å². The van der Waals surface area contributed by atoms with Gasteiger partial charge in [-0.3, -0.25) is 0 Å². The number of nitrogens with zero attached hydrogens (tertiary/aromatic N) is 3. The Labute approximate surface area is 125 Å². The lowest BCUT2D eigenvalue weighted by Gasteiger charge is -2.07.